The van der Waals surface area contributed by atoms with E-state index >= 15 is 0 Å². The highest BCUT2D eigenvalue weighted by molar-refractivity contribution is 5.82. The lowest BCUT2D eigenvalue weighted by Crippen LogP contribution is -2.62. The molecule has 0 aliphatic carbocycles. The summed E-state index contributed by atoms with van der Waals surface area (Å²) in [4.78, 5) is 12.0. The van der Waals surface area contributed by atoms with Crippen LogP contribution >= 0.6 is 0 Å². The zero-order valence-electron chi connectivity index (χ0n) is 13.2. The van der Waals surface area contributed by atoms with E-state index in [1.807, 2.05) is 0 Å². The summed E-state index contributed by atoms with van der Waals surface area (Å²) in [5, 5.41) is 13.0. The van der Waals surface area contributed by atoms with Crippen molar-refractivity contribution in [3.8, 4) is 11.5 Å². The lowest BCUT2D eigenvalue weighted by molar-refractivity contribution is 0.140. The Bertz CT molecular complexity index is 550. The Labute approximate surface area is 136 Å². The molecule has 0 bridgehead atoms. The van der Waals surface area contributed by atoms with Crippen LogP contribution in [0, 0.1) is 0 Å². The molecule has 1 aliphatic heterocycles. The van der Waals surface area contributed by atoms with Gasteiger partial charge in [0.2, 0.25) is 0 Å². The van der Waals surface area contributed by atoms with Gasteiger partial charge in [-0.3, -0.25) is 0 Å². The van der Waals surface area contributed by atoms with Crippen molar-refractivity contribution >= 4 is 11.8 Å². The van der Waals surface area contributed by atoms with E-state index in [2.05, 4.69) is 18.5 Å². The number of benzene rings is 1. The minimum Gasteiger partial charge on any atom is -0.489 e. The van der Waals surface area contributed by atoms with E-state index in [0.29, 0.717) is 56.6 Å². The van der Waals surface area contributed by atoms with Crippen molar-refractivity contribution in [1.29, 1.82) is 0 Å². The second kappa shape index (κ2) is 7.80. The Morgan fingerprint density at radius 1 is 1.13 bits per heavy atom. The minimum absolute atomic E-state index is 0.136. The van der Waals surface area contributed by atoms with Crippen LogP contribution in [0.1, 0.15) is 0 Å². The van der Waals surface area contributed by atoms with Crippen LogP contribution in [0.15, 0.2) is 43.5 Å². The molecule has 23 heavy (non-hydrogen) atoms. The molecule has 0 atom stereocenters. The first-order chi connectivity index (χ1) is 11.1. The summed E-state index contributed by atoms with van der Waals surface area (Å²) in [5.74, 6) is 1.14. The Balaban J connectivity index is 2.42. The topological polar surface area (TPSA) is 67.8 Å². The van der Waals surface area contributed by atoms with Gasteiger partial charge in [0, 0.05) is 31.3 Å². The van der Waals surface area contributed by atoms with Gasteiger partial charge in [-0.2, -0.15) is 9.28 Å². The van der Waals surface area contributed by atoms with E-state index in [0.717, 1.165) is 0 Å². The maximum absolute atomic E-state index is 12.0. The van der Waals surface area contributed by atoms with E-state index in [1.165, 1.54) is 0 Å². The number of nitrogens with one attached hydrogen (secondary N) is 1. The minimum atomic E-state index is -0.873. The molecule has 0 radical (unpaired) electrons. The van der Waals surface area contributed by atoms with Crippen molar-refractivity contribution < 1.29 is 19.4 Å². The van der Waals surface area contributed by atoms with Crippen LogP contribution in [0.5, 0.6) is 11.5 Å². The van der Waals surface area contributed by atoms with E-state index in [1.54, 1.807) is 30.4 Å². The van der Waals surface area contributed by atoms with Crippen molar-refractivity contribution in [2.24, 2.45) is 0 Å². The summed E-state index contributed by atoms with van der Waals surface area (Å²) in [5.41, 5.74) is 0.652. The third kappa shape index (κ3) is 3.91. The van der Waals surface area contributed by atoms with Gasteiger partial charge >= 0.3 is 6.09 Å². The van der Waals surface area contributed by atoms with Crippen LogP contribution < -0.4 is 19.3 Å². The third-order valence-corrected chi connectivity index (χ3v) is 3.80. The number of quaternary nitrogens is 1. The number of carbonyl (C=O) groups is 1. The Hall–Kier alpha value is -2.31. The normalized spacial score (nSPS) is 16.3. The molecule has 1 fully saturated rings. The standard InChI is InChI=1S/C17H22N2O4/c1-3-9-22-15-11-14(12-16(13-15)23-10-4-2)19(17(20)21)7-5-18-6-8-19/h3-4,11-13,18H,1-2,5-10H2/p+1. The summed E-state index contributed by atoms with van der Waals surface area (Å²) >= 11 is 0. The van der Waals surface area contributed by atoms with Crippen molar-refractivity contribution in [1.82, 2.24) is 9.80 Å². The fourth-order valence-corrected chi connectivity index (χ4v) is 2.62. The number of piperazine rings is 1. The molecule has 1 amide bonds. The molecule has 6 heteroatoms. The number of hydrogen-bond donors (Lipinski definition) is 2. The predicted octanol–water partition coefficient (Wildman–Crippen LogP) is 2.40. The highest BCUT2D eigenvalue weighted by Gasteiger charge is 2.41. The summed E-state index contributed by atoms with van der Waals surface area (Å²) in [6, 6.07) is 5.28. The maximum Gasteiger partial charge on any atom is 0.518 e. The first-order valence-electron chi connectivity index (χ1n) is 7.57. The molecule has 2 N–H and O–H groups in total. The number of amides is 1. The predicted molar refractivity (Wildman–Crippen MR) is 90.2 cm³/mol. The number of hydrogen-bond acceptors (Lipinski definition) is 4. The molecule has 1 heterocycles. The molecule has 1 aliphatic rings. The third-order valence-electron chi connectivity index (χ3n) is 3.80. The first kappa shape index (κ1) is 17.1. The highest BCUT2D eigenvalue weighted by atomic mass is 16.5. The molecule has 1 aromatic rings. The summed E-state index contributed by atoms with van der Waals surface area (Å²) in [7, 11) is 0. The largest absolute Gasteiger partial charge is 0.518 e. The zero-order chi connectivity index (χ0) is 16.7. The SMILES string of the molecule is C=CCOc1cc(OCC=C)cc([N+]2(C(=O)O)CCNCC2)c1. The van der Waals surface area contributed by atoms with Gasteiger partial charge in [-0.15, -0.1) is 0 Å². The van der Waals surface area contributed by atoms with E-state index in [-0.39, 0.29) is 4.48 Å². The van der Waals surface area contributed by atoms with Gasteiger partial charge in [-0.25, -0.2) is 0 Å². The Kier molecular flexibility index (Phi) is 5.78. The smallest absolute Gasteiger partial charge is 0.489 e. The van der Waals surface area contributed by atoms with Gasteiger partial charge in [0.05, 0.1) is 0 Å². The van der Waals surface area contributed by atoms with Gasteiger partial charge < -0.3 is 19.9 Å². The molecule has 1 aromatic carbocycles. The highest BCUT2D eigenvalue weighted by Crippen LogP contribution is 2.33. The quantitative estimate of drug-likeness (QED) is 0.597. The van der Waals surface area contributed by atoms with Crippen LogP contribution in [0.4, 0.5) is 10.5 Å². The van der Waals surface area contributed by atoms with Gasteiger partial charge in [-0.1, -0.05) is 25.3 Å². The van der Waals surface area contributed by atoms with Crippen molar-refractivity contribution in [2.75, 3.05) is 39.4 Å². The van der Waals surface area contributed by atoms with Gasteiger partial charge in [0.15, 0.2) is 5.69 Å². The number of carboxylic acid groups (broad SMARTS) is 1. The molecule has 6 nitrogen and oxygen atoms in total. The Morgan fingerprint density at radius 3 is 2.09 bits per heavy atom. The number of ether oxygens (including phenoxy) is 2. The van der Waals surface area contributed by atoms with E-state index < -0.39 is 6.09 Å². The zero-order valence-corrected chi connectivity index (χ0v) is 13.2. The lowest BCUT2D eigenvalue weighted by Gasteiger charge is -2.35. The van der Waals surface area contributed by atoms with Crippen LogP contribution in [-0.4, -0.2) is 50.6 Å². The van der Waals surface area contributed by atoms with Crippen LogP contribution in [0.2, 0.25) is 0 Å². The molecule has 124 valence electrons. The Morgan fingerprint density at radius 2 is 1.65 bits per heavy atom. The second-order valence-electron chi connectivity index (χ2n) is 5.31. The van der Waals surface area contributed by atoms with Gasteiger partial charge in [0.25, 0.3) is 0 Å². The van der Waals surface area contributed by atoms with E-state index in [9.17, 15) is 9.90 Å². The molecular formula is C17H23N2O4+. The first-order valence-corrected chi connectivity index (χ1v) is 7.57. The van der Waals surface area contributed by atoms with Gasteiger partial charge in [0.1, 0.15) is 37.8 Å². The molecule has 0 spiro atoms. The lowest BCUT2D eigenvalue weighted by atomic mass is 10.2. The van der Waals surface area contributed by atoms with Crippen molar-refractivity contribution in [3.05, 3.63) is 43.5 Å². The number of rotatable bonds is 7. The molecule has 0 aromatic heterocycles. The van der Waals surface area contributed by atoms with Crippen LogP contribution in [0.25, 0.3) is 0 Å². The molecule has 0 unspecified atom stereocenters. The monoisotopic (exact) mass is 319 g/mol. The fourth-order valence-electron chi connectivity index (χ4n) is 2.62. The average Bonchev–Trinajstić information content (AvgIpc) is 2.58. The van der Waals surface area contributed by atoms with E-state index in [4.69, 9.17) is 9.47 Å². The fraction of sp³-hybridized carbons (Fsp3) is 0.353. The maximum atomic E-state index is 12.0. The van der Waals surface area contributed by atoms with Crippen molar-refractivity contribution in [2.45, 2.75) is 0 Å². The van der Waals surface area contributed by atoms with Crippen LogP contribution in [0.3, 0.4) is 0 Å². The van der Waals surface area contributed by atoms with Crippen molar-refractivity contribution in [3.63, 3.8) is 0 Å². The molecular weight excluding hydrogens is 296 g/mol. The molecule has 0 saturated carbocycles. The summed E-state index contributed by atoms with van der Waals surface area (Å²) < 4.78 is 11.0. The second-order valence-corrected chi connectivity index (χ2v) is 5.31. The average molecular weight is 319 g/mol. The molecule has 2 rings (SSSR count). The van der Waals surface area contributed by atoms with Gasteiger partial charge in [-0.05, 0) is 0 Å². The summed E-state index contributed by atoms with van der Waals surface area (Å²) in [6.07, 6.45) is 2.41. The number of nitrogens with zero attached hydrogens (tertiary/aromatic N) is 1. The molecule has 1 saturated heterocycles. The summed E-state index contributed by atoms with van der Waals surface area (Å²) in [6.45, 7) is 10.2. The van der Waals surface area contributed by atoms with Crippen LogP contribution in [-0.2, 0) is 0 Å².